The average molecular weight is 548 g/mol. The van der Waals surface area contributed by atoms with Crippen LogP contribution in [0, 0.1) is 5.82 Å². The van der Waals surface area contributed by atoms with E-state index in [0.717, 1.165) is 22.0 Å². The van der Waals surface area contributed by atoms with Gasteiger partial charge in [-0.25, -0.2) is 8.91 Å². The molecule has 1 unspecified atom stereocenters. The molecule has 0 aliphatic rings. The van der Waals surface area contributed by atoms with Crippen LogP contribution in [-0.2, 0) is 7.05 Å². The molecule has 0 fully saturated rings. The van der Waals surface area contributed by atoms with E-state index in [1.54, 1.807) is 21.7 Å². The van der Waals surface area contributed by atoms with Gasteiger partial charge in [0.2, 0.25) is 0 Å². The Bertz CT molecular complexity index is 1650. The maximum absolute atomic E-state index is 13.7. The first-order valence-electron chi connectivity index (χ1n) is 12.5. The largest absolute Gasteiger partial charge is 0.394 e. The van der Waals surface area contributed by atoms with E-state index in [0.29, 0.717) is 22.7 Å². The minimum absolute atomic E-state index is 0.0532. The number of rotatable bonds is 9. The average Bonchev–Trinajstić information content (AvgIpc) is 3.51. The van der Waals surface area contributed by atoms with Gasteiger partial charge in [-0.1, -0.05) is 30.1 Å². The zero-order valence-electron chi connectivity index (χ0n) is 22.1. The van der Waals surface area contributed by atoms with Crippen molar-refractivity contribution in [1.29, 1.82) is 0 Å². The summed E-state index contributed by atoms with van der Waals surface area (Å²) in [5, 5.41) is 19.7. The lowest BCUT2D eigenvalue weighted by Crippen LogP contribution is -2.43. The van der Waals surface area contributed by atoms with Crippen molar-refractivity contribution in [1.82, 2.24) is 29.3 Å². The molecule has 39 heavy (non-hydrogen) atoms. The van der Waals surface area contributed by atoms with Crippen molar-refractivity contribution in [2.45, 2.75) is 25.9 Å². The molecule has 0 spiro atoms. The molecule has 0 saturated heterocycles. The second-order valence-electron chi connectivity index (χ2n) is 9.46. The number of aromatic nitrogens is 4. The number of aliphatic hydroxyl groups excluding tert-OH is 1. The molecule has 0 aliphatic heterocycles. The summed E-state index contributed by atoms with van der Waals surface area (Å²) in [6.07, 6.45) is 5.54. The molecular weight excluding hydrogens is 517 g/mol. The van der Waals surface area contributed by atoms with Gasteiger partial charge < -0.3 is 15.0 Å². The highest BCUT2D eigenvalue weighted by molar-refractivity contribution is 7.96. The van der Waals surface area contributed by atoms with Gasteiger partial charge in [0, 0.05) is 30.3 Å². The number of nitrogens with one attached hydrogen (secondary N) is 2. The molecule has 2 atom stereocenters. The Morgan fingerprint density at radius 2 is 1.95 bits per heavy atom. The number of carbonyl (C=O) groups is 1. The number of carbonyl (C=O) groups excluding carboxylic acids is 1. The second kappa shape index (κ2) is 11.0. The highest BCUT2D eigenvalue weighted by Gasteiger charge is 2.20. The third-order valence-electron chi connectivity index (χ3n) is 6.70. The first kappa shape index (κ1) is 26.7. The van der Waals surface area contributed by atoms with Crippen molar-refractivity contribution in [2.24, 2.45) is 7.05 Å². The van der Waals surface area contributed by atoms with Crippen LogP contribution in [0.5, 0.6) is 0 Å². The van der Waals surface area contributed by atoms with Crippen molar-refractivity contribution in [3.8, 4) is 11.1 Å². The number of anilines is 1. The first-order chi connectivity index (χ1) is 18.8. The van der Waals surface area contributed by atoms with Gasteiger partial charge >= 0.3 is 0 Å². The van der Waals surface area contributed by atoms with E-state index in [2.05, 4.69) is 20.2 Å². The molecule has 3 heterocycles. The van der Waals surface area contributed by atoms with Gasteiger partial charge in [-0.05, 0) is 73.2 Å². The zero-order chi connectivity index (χ0) is 27.7. The third kappa shape index (κ3) is 5.33. The molecule has 3 N–H and O–H groups in total. The van der Waals surface area contributed by atoms with Gasteiger partial charge in [0.05, 0.1) is 24.3 Å². The lowest BCUT2D eigenvalue weighted by molar-refractivity contribution is 0.0941. The topological polar surface area (TPSA) is 99.7 Å². The number of halogens is 1. The summed E-state index contributed by atoms with van der Waals surface area (Å²) in [4.78, 5) is 21.1. The molecular formula is C28H30FN7O2S. The Kier molecular flexibility index (Phi) is 7.56. The number of benzene rings is 2. The van der Waals surface area contributed by atoms with Crippen LogP contribution in [0.15, 0.2) is 67.0 Å². The van der Waals surface area contributed by atoms with E-state index < -0.39 is 0 Å². The maximum atomic E-state index is 13.7. The van der Waals surface area contributed by atoms with E-state index in [1.165, 1.54) is 24.1 Å². The lowest BCUT2D eigenvalue weighted by atomic mass is 10.0. The molecule has 0 aliphatic carbocycles. The molecule has 9 nitrogen and oxygen atoms in total. The molecule has 202 valence electrons. The highest BCUT2D eigenvalue weighted by Crippen LogP contribution is 2.29. The van der Waals surface area contributed by atoms with Crippen molar-refractivity contribution < 1.29 is 14.3 Å². The van der Waals surface area contributed by atoms with Crippen molar-refractivity contribution in [3.63, 3.8) is 0 Å². The van der Waals surface area contributed by atoms with E-state index in [-0.39, 0.29) is 30.4 Å². The number of nitrogens with zero attached hydrogens (tertiary/aromatic N) is 5. The molecule has 0 radical (unpaired) electrons. The van der Waals surface area contributed by atoms with Crippen LogP contribution in [-0.4, -0.2) is 49.1 Å². The van der Waals surface area contributed by atoms with Gasteiger partial charge in [-0.15, -0.1) is 5.10 Å². The Labute approximate surface area is 229 Å². The third-order valence-corrected chi connectivity index (χ3v) is 7.08. The summed E-state index contributed by atoms with van der Waals surface area (Å²) < 4.78 is 17.3. The van der Waals surface area contributed by atoms with Crippen LogP contribution in [0.3, 0.4) is 0 Å². The molecule has 0 bridgehead atoms. The monoisotopic (exact) mass is 547 g/mol. The molecule has 5 aromatic rings. The predicted octanol–water partition coefficient (Wildman–Crippen LogP) is 4.49. The van der Waals surface area contributed by atoms with Crippen LogP contribution in [0.1, 0.15) is 35.8 Å². The van der Waals surface area contributed by atoms with E-state index in [9.17, 15) is 14.3 Å². The number of hydrogen-bond acceptors (Lipinski definition) is 7. The standard InChI is InChI=1S/C28H30FN7O2S/c1-17(16-37)36(33-39-4)28-31-26-14-21(10-11-35(26)32-28)20-8-9-25-23(13-20)24(15-34(25)3)27(38)30-18(2)19-6-5-7-22(29)12-19/h5-15,17-18,33,37H,16H2,1-4H3,(H,30,38)/t17-,18?/m0/s1. The zero-order valence-corrected chi connectivity index (χ0v) is 22.9. The van der Waals surface area contributed by atoms with Crippen LogP contribution < -0.4 is 15.2 Å². The summed E-state index contributed by atoms with van der Waals surface area (Å²) in [7, 11) is 1.90. The fraction of sp³-hybridized carbons (Fsp3) is 0.250. The Hall–Kier alpha value is -3.93. The molecule has 5 rings (SSSR count). The van der Waals surface area contributed by atoms with Crippen molar-refractivity contribution >= 4 is 40.4 Å². The second-order valence-corrected chi connectivity index (χ2v) is 10.1. The number of amides is 1. The first-order valence-corrected chi connectivity index (χ1v) is 13.7. The summed E-state index contributed by atoms with van der Waals surface area (Å²) in [5.74, 6) is -0.115. The summed E-state index contributed by atoms with van der Waals surface area (Å²) in [5.41, 5.74) is 4.66. The van der Waals surface area contributed by atoms with E-state index in [4.69, 9.17) is 0 Å². The summed E-state index contributed by atoms with van der Waals surface area (Å²) in [6.45, 7) is 3.66. The van der Waals surface area contributed by atoms with E-state index in [1.807, 2.05) is 74.4 Å². The van der Waals surface area contributed by atoms with Crippen LogP contribution >= 0.6 is 11.9 Å². The Morgan fingerprint density at radius 1 is 1.15 bits per heavy atom. The minimum atomic E-state index is -0.357. The molecule has 0 saturated carbocycles. The molecule has 1 amide bonds. The normalized spacial score (nSPS) is 13.1. The summed E-state index contributed by atoms with van der Waals surface area (Å²) in [6, 6.07) is 15.5. The minimum Gasteiger partial charge on any atom is -0.394 e. The number of hydrazine groups is 1. The lowest BCUT2D eigenvalue weighted by Gasteiger charge is -2.25. The number of fused-ring (bicyclic) bond motifs is 2. The van der Waals surface area contributed by atoms with Gasteiger partial charge in [-0.3, -0.25) is 9.80 Å². The van der Waals surface area contributed by atoms with Crippen molar-refractivity contribution in [3.05, 3.63) is 83.9 Å². The van der Waals surface area contributed by atoms with Gasteiger partial charge in [0.1, 0.15) is 5.82 Å². The number of hydrogen-bond donors (Lipinski definition) is 3. The van der Waals surface area contributed by atoms with Gasteiger partial charge in [0.25, 0.3) is 11.9 Å². The van der Waals surface area contributed by atoms with Crippen LogP contribution in [0.25, 0.3) is 27.7 Å². The molecule has 3 aromatic heterocycles. The number of aliphatic hydroxyl groups is 1. The fourth-order valence-corrected chi connectivity index (χ4v) is 5.00. The summed E-state index contributed by atoms with van der Waals surface area (Å²) >= 11 is 1.39. The van der Waals surface area contributed by atoms with Crippen LogP contribution in [0.4, 0.5) is 10.3 Å². The molecule has 2 aromatic carbocycles. The SMILES string of the molecule is CSNN(c1nc2cc(-c3ccc4c(c3)c(C(=O)NC(C)c3cccc(F)c3)cn4C)ccn2n1)[C@@H](C)CO. The number of aryl methyl sites for hydroxylation is 1. The fourth-order valence-electron chi connectivity index (χ4n) is 4.55. The smallest absolute Gasteiger partial charge is 0.261 e. The van der Waals surface area contributed by atoms with E-state index >= 15 is 0 Å². The van der Waals surface area contributed by atoms with Crippen molar-refractivity contribution in [2.75, 3.05) is 17.9 Å². The Morgan fingerprint density at radius 3 is 2.69 bits per heavy atom. The quantitative estimate of drug-likeness (QED) is 0.185. The Balaban J connectivity index is 1.47. The van der Waals surface area contributed by atoms with Gasteiger partial charge in [-0.2, -0.15) is 9.82 Å². The number of pyridine rings is 1. The maximum Gasteiger partial charge on any atom is 0.261 e. The highest BCUT2D eigenvalue weighted by atomic mass is 32.2. The predicted molar refractivity (Wildman–Crippen MR) is 153 cm³/mol. The molecule has 11 heteroatoms. The van der Waals surface area contributed by atoms with Crippen LogP contribution in [0.2, 0.25) is 0 Å². The van der Waals surface area contributed by atoms with Gasteiger partial charge in [0.15, 0.2) is 5.65 Å².